The molecule has 1 saturated heterocycles. The maximum Gasteiger partial charge on any atom is 0.248 e. The molecule has 3 rings (SSSR count). The Balaban J connectivity index is 2.11. The van der Waals surface area contributed by atoms with Crippen LogP contribution in [0.5, 0.6) is 0 Å². The van der Waals surface area contributed by atoms with Gasteiger partial charge in [-0.1, -0.05) is 13.8 Å². The van der Waals surface area contributed by atoms with Gasteiger partial charge < -0.3 is 14.2 Å². The monoisotopic (exact) mass is 234 g/mol. The summed E-state index contributed by atoms with van der Waals surface area (Å²) in [5.41, 5.74) is 1.10. The second-order valence-electron chi connectivity index (χ2n) is 5.31. The highest BCUT2D eigenvalue weighted by Crippen LogP contribution is 2.40. The molecule has 2 aliphatic heterocycles. The summed E-state index contributed by atoms with van der Waals surface area (Å²) in [6, 6.07) is 4.14. The van der Waals surface area contributed by atoms with E-state index in [2.05, 4.69) is 24.5 Å². The zero-order valence-electron chi connectivity index (χ0n) is 10.5. The van der Waals surface area contributed by atoms with Crippen LogP contribution in [0.2, 0.25) is 0 Å². The lowest BCUT2D eigenvalue weighted by molar-refractivity contribution is -0.147. The molecule has 1 aromatic rings. The molecule has 1 unspecified atom stereocenters. The molecule has 0 radical (unpaired) electrons. The fourth-order valence-corrected chi connectivity index (χ4v) is 2.93. The minimum absolute atomic E-state index is 0.0830. The van der Waals surface area contributed by atoms with E-state index in [9.17, 15) is 4.79 Å². The summed E-state index contributed by atoms with van der Waals surface area (Å²) in [4.78, 5) is 14.4. The number of rotatable bonds is 1. The molecule has 3 atom stereocenters. The molecule has 0 N–H and O–H groups in total. The zero-order valence-corrected chi connectivity index (χ0v) is 10.5. The van der Waals surface area contributed by atoms with Crippen LogP contribution in [-0.4, -0.2) is 28.0 Å². The van der Waals surface area contributed by atoms with Gasteiger partial charge in [0.15, 0.2) is 6.23 Å². The second-order valence-corrected chi connectivity index (χ2v) is 5.31. The van der Waals surface area contributed by atoms with Crippen molar-refractivity contribution in [1.29, 1.82) is 0 Å². The number of amides is 1. The Kier molecular flexibility index (Phi) is 2.30. The average molecular weight is 234 g/mol. The minimum Gasteiger partial charge on any atom is -0.350 e. The van der Waals surface area contributed by atoms with Crippen molar-refractivity contribution in [1.82, 2.24) is 9.47 Å². The van der Waals surface area contributed by atoms with Crippen molar-refractivity contribution in [2.24, 2.45) is 5.92 Å². The van der Waals surface area contributed by atoms with Gasteiger partial charge in [0.25, 0.3) is 0 Å². The summed E-state index contributed by atoms with van der Waals surface area (Å²) < 4.78 is 7.81. The first kappa shape index (κ1) is 10.8. The van der Waals surface area contributed by atoms with Gasteiger partial charge in [0.1, 0.15) is 6.04 Å². The van der Waals surface area contributed by atoms with Crippen molar-refractivity contribution >= 4 is 5.91 Å². The predicted molar refractivity (Wildman–Crippen MR) is 63.3 cm³/mol. The summed E-state index contributed by atoms with van der Waals surface area (Å²) in [6.45, 7) is 6.86. The van der Waals surface area contributed by atoms with Gasteiger partial charge in [-0.2, -0.15) is 0 Å². The number of carbonyl (C=O) groups excluding carboxylic acids is 1. The Morgan fingerprint density at radius 2 is 2.24 bits per heavy atom. The third-order valence-corrected chi connectivity index (χ3v) is 3.73. The first-order chi connectivity index (χ1) is 8.11. The number of carbonyl (C=O) groups is 1. The Morgan fingerprint density at radius 3 is 2.94 bits per heavy atom. The molecule has 1 fully saturated rings. The highest BCUT2D eigenvalue weighted by molar-refractivity contribution is 5.83. The average Bonchev–Trinajstić information content (AvgIpc) is 2.84. The van der Waals surface area contributed by atoms with Crippen LogP contribution >= 0.6 is 0 Å². The largest absolute Gasteiger partial charge is 0.350 e. The quantitative estimate of drug-likeness (QED) is 0.744. The van der Waals surface area contributed by atoms with E-state index in [0.717, 1.165) is 5.69 Å². The zero-order chi connectivity index (χ0) is 12.2. The van der Waals surface area contributed by atoms with E-state index in [1.54, 1.807) is 0 Å². The predicted octanol–water partition coefficient (Wildman–Crippen LogP) is 1.94. The first-order valence-electron chi connectivity index (χ1n) is 6.21. The fraction of sp³-hybridized carbons (Fsp3) is 0.615. The van der Waals surface area contributed by atoms with E-state index in [-0.39, 0.29) is 24.2 Å². The van der Waals surface area contributed by atoms with Crippen LogP contribution in [0.15, 0.2) is 18.3 Å². The highest BCUT2D eigenvalue weighted by atomic mass is 16.5. The molecule has 3 heterocycles. The summed E-state index contributed by atoms with van der Waals surface area (Å²) in [5, 5.41) is 0. The molecule has 4 nitrogen and oxygen atoms in total. The number of hydrogen-bond donors (Lipinski definition) is 0. The van der Waals surface area contributed by atoms with Crippen molar-refractivity contribution in [2.45, 2.75) is 39.1 Å². The van der Waals surface area contributed by atoms with Crippen LogP contribution in [-0.2, 0) is 9.53 Å². The number of fused-ring (bicyclic) bond motifs is 3. The van der Waals surface area contributed by atoms with Crippen molar-refractivity contribution in [3.8, 4) is 0 Å². The minimum atomic E-state index is -0.178. The molecular formula is C13H18N2O2. The number of aromatic nitrogens is 1. The van der Waals surface area contributed by atoms with Gasteiger partial charge in [-0.3, -0.25) is 4.79 Å². The van der Waals surface area contributed by atoms with Gasteiger partial charge in [0.2, 0.25) is 5.91 Å². The molecule has 1 amide bonds. The molecule has 0 aliphatic carbocycles. The maximum atomic E-state index is 12.5. The van der Waals surface area contributed by atoms with Crippen LogP contribution in [0, 0.1) is 5.92 Å². The van der Waals surface area contributed by atoms with Crippen LogP contribution in [0.3, 0.4) is 0 Å². The second kappa shape index (κ2) is 3.60. The molecule has 2 aliphatic rings. The first-order valence-corrected chi connectivity index (χ1v) is 6.21. The lowest BCUT2D eigenvalue weighted by Gasteiger charge is -2.38. The summed E-state index contributed by atoms with van der Waals surface area (Å²) in [5.74, 6) is 0.487. The highest BCUT2D eigenvalue weighted by Gasteiger charge is 2.46. The smallest absolute Gasteiger partial charge is 0.248 e. The van der Waals surface area contributed by atoms with E-state index in [0.29, 0.717) is 12.5 Å². The summed E-state index contributed by atoms with van der Waals surface area (Å²) >= 11 is 0. The standard InChI is InChI=1S/C13H18N2O2/c1-8(2)11-12(16)15-9(3)7-17-13(15)10-5-4-6-14(10)11/h4-6,8-9,11,13H,7H2,1-3H3/t9-,11-,13?/m0/s1. The fourth-order valence-electron chi connectivity index (χ4n) is 2.93. The van der Waals surface area contributed by atoms with E-state index in [4.69, 9.17) is 4.74 Å². The van der Waals surface area contributed by atoms with Crippen molar-refractivity contribution in [3.63, 3.8) is 0 Å². The Morgan fingerprint density at radius 1 is 1.47 bits per heavy atom. The van der Waals surface area contributed by atoms with Crippen molar-refractivity contribution in [3.05, 3.63) is 24.0 Å². The van der Waals surface area contributed by atoms with E-state index >= 15 is 0 Å². The van der Waals surface area contributed by atoms with Gasteiger partial charge in [0.05, 0.1) is 18.3 Å². The van der Waals surface area contributed by atoms with Crippen LogP contribution in [0.25, 0.3) is 0 Å². The normalized spacial score (nSPS) is 31.9. The molecule has 0 bridgehead atoms. The lowest BCUT2D eigenvalue weighted by Crippen LogP contribution is -2.47. The topological polar surface area (TPSA) is 34.5 Å². The van der Waals surface area contributed by atoms with Gasteiger partial charge in [-0.25, -0.2) is 0 Å². The number of hydrogen-bond acceptors (Lipinski definition) is 2. The number of ether oxygens (including phenoxy) is 1. The summed E-state index contributed by atoms with van der Waals surface area (Å²) in [7, 11) is 0. The number of nitrogens with zero attached hydrogens (tertiary/aromatic N) is 2. The van der Waals surface area contributed by atoms with E-state index in [1.807, 2.05) is 24.1 Å². The molecule has 17 heavy (non-hydrogen) atoms. The van der Waals surface area contributed by atoms with E-state index in [1.165, 1.54) is 0 Å². The Hall–Kier alpha value is -1.29. The molecular weight excluding hydrogens is 216 g/mol. The van der Waals surface area contributed by atoms with Crippen molar-refractivity contribution < 1.29 is 9.53 Å². The molecule has 0 saturated carbocycles. The summed E-state index contributed by atoms with van der Waals surface area (Å²) in [6.07, 6.45) is 1.81. The van der Waals surface area contributed by atoms with Crippen molar-refractivity contribution in [2.75, 3.05) is 6.61 Å². The molecule has 0 spiro atoms. The van der Waals surface area contributed by atoms with Gasteiger partial charge in [-0.15, -0.1) is 0 Å². The van der Waals surface area contributed by atoms with Gasteiger partial charge in [-0.05, 0) is 25.0 Å². The molecule has 0 aromatic carbocycles. The SMILES string of the molecule is CC(C)[C@H]1C(=O)N2C(OC[C@@H]2C)c2cccn21. The van der Waals surface area contributed by atoms with Crippen LogP contribution < -0.4 is 0 Å². The third kappa shape index (κ3) is 1.37. The maximum absolute atomic E-state index is 12.5. The Bertz CT molecular complexity index is 452. The van der Waals surface area contributed by atoms with Gasteiger partial charge >= 0.3 is 0 Å². The third-order valence-electron chi connectivity index (χ3n) is 3.73. The molecule has 4 heteroatoms. The van der Waals surface area contributed by atoms with E-state index < -0.39 is 0 Å². The Labute approximate surface area is 101 Å². The molecule has 92 valence electrons. The molecule has 1 aromatic heterocycles. The van der Waals surface area contributed by atoms with Crippen LogP contribution in [0.1, 0.15) is 38.7 Å². The van der Waals surface area contributed by atoms with Crippen LogP contribution in [0.4, 0.5) is 0 Å². The lowest BCUT2D eigenvalue weighted by atomic mass is 9.99. The van der Waals surface area contributed by atoms with Gasteiger partial charge in [0, 0.05) is 6.20 Å².